The highest BCUT2D eigenvalue weighted by Crippen LogP contribution is 2.58. The summed E-state index contributed by atoms with van der Waals surface area (Å²) >= 11 is 0. The first-order chi connectivity index (χ1) is 32.0. The molecule has 0 radical (unpaired) electrons. The normalized spacial score (nSPS) is 13.6. The van der Waals surface area contributed by atoms with Crippen LogP contribution in [0.4, 0.5) is 17.1 Å². The van der Waals surface area contributed by atoms with E-state index in [2.05, 4.69) is 267 Å². The number of anilines is 3. The third-order valence-electron chi connectivity index (χ3n) is 14.2. The summed E-state index contributed by atoms with van der Waals surface area (Å²) < 4.78 is 0. The lowest BCUT2D eigenvalue weighted by atomic mass is 9.67. The molecule has 0 heterocycles. The van der Waals surface area contributed by atoms with Crippen LogP contribution in [0.2, 0.25) is 0 Å². The number of hydrogen-bond donors (Lipinski definition) is 0. The van der Waals surface area contributed by atoms with Gasteiger partial charge in [0.05, 0.1) is 5.41 Å². The van der Waals surface area contributed by atoms with Crippen molar-refractivity contribution in [3.8, 4) is 55.6 Å². The Bertz CT molecular complexity index is 3310. The molecular weight excluding hydrogens is 783 g/mol. The van der Waals surface area contributed by atoms with Gasteiger partial charge in [-0.15, -0.1) is 0 Å². The van der Waals surface area contributed by atoms with Crippen LogP contribution < -0.4 is 4.90 Å². The maximum atomic E-state index is 2.51. The standard InChI is InChI=1S/C64H47N/c1-63(2)59-29-17-15-27-53(59)55-40-39-52(41-61(55)63)65(50-35-31-45(32-36-50)44-19-7-3-8-20-44)51-37-33-47(34-38-51)57-43-62-58(42-56(57)46-21-9-4-10-22-46)54-28-16-18-30-60(54)64(62,48-23-11-5-12-24-48)49-25-13-6-14-26-49/h3-43H,1-2H3. The minimum atomic E-state index is -0.498. The van der Waals surface area contributed by atoms with Crippen molar-refractivity contribution >= 4 is 17.1 Å². The molecule has 0 N–H and O–H groups in total. The third kappa shape index (κ3) is 6.15. The number of benzene rings is 10. The van der Waals surface area contributed by atoms with Gasteiger partial charge in [-0.25, -0.2) is 0 Å². The molecule has 12 rings (SSSR count). The molecule has 0 aromatic heterocycles. The van der Waals surface area contributed by atoms with Gasteiger partial charge in [0.1, 0.15) is 0 Å². The first kappa shape index (κ1) is 38.7. The van der Waals surface area contributed by atoms with Crippen LogP contribution in [0.1, 0.15) is 47.2 Å². The van der Waals surface area contributed by atoms with Crippen LogP contribution in [-0.2, 0) is 10.8 Å². The largest absolute Gasteiger partial charge is 0.310 e. The summed E-state index contributed by atoms with van der Waals surface area (Å²) in [5.41, 5.74) is 23.0. The van der Waals surface area contributed by atoms with Crippen LogP contribution in [0.3, 0.4) is 0 Å². The summed E-state index contributed by atoms with van der Waals surface area (Å²) in [7, 11) is 0. The Morgan fingerprint density at radius 1 is 0.262 bits per heavy atom. The van der Waals surface area contributed by atoms with Gasteiger partial charge in [-0.05, 0) is 138 Å². The smallest absolute Gasteiger partial charge is 0.0713 e. The van der Waals surface area contributed by atoms with Crippen molar-refractivity contribution in [1.82, 2.24) is 0 Å². The topological polar surface area (TPSA) is 3.24 Å². The lowest BCUT2D eigenvalue weighted by Gasteiger charge is -2.34. The second kappa shape index (κ2) is 15.4. The second-order valence-electron chi connectivity index (χ2n) is 18.0. The summed E-state index contributed by atoms with van der Waals surface area (Å²) in [6.45, 7) is 4.72. The second-order valence-corrected chi connectivity index (χ2v) is 18.0. The summed E-state index contributed by atoms with van der Waals surface area (Å²) in [5, 5.41) is 0. The first-order valence-corrected chi connectivity index (χ1v) is 22.8. The van der Waals surface area contributed by atoms with E-state index in [9.17, 15) is 0 Å². The van der Waals surface area contributed by atoms with E-state index in [1.54, 1.807) is 0 Å². The molecule has 0 saturated heterocycles. The van der Waals surface area contributed by atoms with E-state index in [-0.39, 0.29) is 5.41 Å². The molecule has 308 valence electrons. The fraction of sp³-hybridized carbons (Fsp3) is 0.0625. The van der Waals surface area contributed by atoms with Crippen LogP contribution in [0, 0.1) is 0 Å². The van der Waals surface area contributed by atoms with Crippen molar-refractivity contribution in [3.63, 3.8) is 0 Å². The van der Waals surface area contributed by atoms with Crippen molar-refractivity contribution in [2.45, 2.75) is 24.7 Å². The molecule has 0 fully saturated rings. The van der Waals surface area contributed by atoms with Crippen molar-refractivity contribution in [3.05, 3.63) is 282 Å². The average Bonchev–Trinajstić information content (AvgIpc) is 3.80. The molecule has 2 aliphatic carbocycles. The molecule has 65 heavy (non-hydrogen) atoms. The molecule has 0 spiro atoms. The SMILES string of the molecule is CC1(C)c2ccccc2-c2ccc(N(c3ccc(-c4ccccc4)cc3)c3ccc(-c4cc5c(cc4-c4ccccc4)-c4ccccc4C5(c4ccccc4)c4ccccc4)cc3)cc21. The van der Waals surface area contributed by atoms with Crippen LogP contribution in [-0.4, -0.2) is 0 Å². The van der Waals surface area contributed by atoms with Gasteiger partial charge in [0.2, 0.25) is 0 Å². The minimum absolute atomic E-state index is 0.121. The molecule has 10 aromatic rings. The Balaban J connectivity index is 1.04. The molecule has 10 aromatic carbocycles. The molecule has 0 aliphatic heterocycles. The zero-order chi connectivity index (χ0) is 43.5. The molecule has 2 aliphatic rings. The number of rotatable bonds is 8. The highest BCUT2D eigenvalue weighted by molar-refractivity contribution is 5.95. The van der Waals surface area contributed by atoms with Gasteiger partial charge in [-0.3, -0.25) is 0 Å². The highest BCUT2D eigenvalue weighted by atomic mass is 15.1. The molecule has 0 amide bonds. The molecule has 0 atom stereocenters. The molecule has 1 nitrogen and oxygen atoms in total. The number of nitrogens with zero attached hydrogens (tertiary/aromatic N) is 1. The van der Waals surface area contributed by atoms with Crippen LogP contribution >= 0.6 is 0 Å². The molecule has 0 unspecified atom stereocenters. The monoisotopic (exact) mass is 829 g/mol. The van der Waals surface area contributed by atoms with Crippen molar-refractivity contribution in [1.29, 1.82) is 0 Å². The zero-order valence-electron chi connectivity index (χ0n) is 36.6. The Morgan fingerprint density at radius 2 is 0.677 bits per heavy atom. The van der Waals surface area contributed by atoms with E-state index in [1.807, 2.05) is 0 Å². The first-order valence-electron chi connectivity index (χ1n) is 22.8. The van der Waals surface area contributed by atoms with E-state index in [0.29, 0.717) is 0 Å². The molecule has 0 bridgehead atoms. The number of hydrogen-bond acceptors (Lipinski definition) is 1. The Kier molecular flexibility index (Phi) is 9.14. The van der Waals surface area contributed by atoms with E-state index in [1.165, 1.54) is 89.0 Å². The van der Waals surface area contributed by atoms with Crippen molar-refractivity contribution in [2.24, 2.45) is 0 Å². The Morgan fingerprint density at radius 3 is 1.28 bits per heavy atom. The van der Waals surface area contributed by atoms with Gasteiger partial charge in [-0.1, -0.05) is 214 Å². The summed E-state index contributed by atoms with van der Waals surface area (Å²) in [5.74, 6) is 0. The quantitative estimate of drug-likeness (QED) is 0.147. The predicted molar refractivity (Wildman–Crippen MR) is 272 cm³/mol. The minimum Gasteiger partial charge on any atom is -0.310 e. The fourth-order valence-electron chi connectivity index (χ4n) is 11.1. The lowest BCUT2D eigenvalue weighted by molar-refractivity contribution is 0.660. The lowest BCUT2D eigenvalue weighted by Crippen LogP contribution is -2.28. The van der Waals surface area contributed by atoms with Gasteiger partial charge >= 0.3 is 0 Å². The molecule has 0 saturated carbocycles. The van der Waals surface area contributed by atoms with Crippen LogP contribution in [0.15, 0.2) is 249 Å². The molecular formula is C64H47N. The summed E-state index contributed by atoms with van der Waals surface area (Å²) in [4.78, 5) is 2.42. The van der Waals surface area contributed by atoms with Crippen molar-refractivity contribution in [2.75, 3.05) is 4.90 Å². The Hall–Kier alpha value is -8.00. The van der Waals surface area contributed by atoms with Gasteiger partial charge in [0, 0.05) is 22.5 Å². The van der Waals surface area contributed by atoms with Gasteiger partial charge in [0.15, 0.2) is 0 Å². The van der Waals surface area contributed by atoms with E-state index >= 15 is 0 Å². The van der Waals surface area contributed by atoms with E-state index < -0.39 is 5.41 Å². The van der Waals surface area contributed by atoms with Crippen LogP contribution in [0.5, 0.6) is 0 Å². The maximum absolute atomic E-state index is 2.51. The van der Waals surface area contributed by atoms with E-state index in [4.69, 9.17) is 0 Å². The van der Waals surface area contributed by atoms with Gasteiger partial charge < -0.3 is 4.90 Å². The van der Waals surface area contributed by atoms with Gasteiger partial charge in [-0.2, -0.15) is 0 Å². The van der Waals surface area contributed by atoms with E-state index in [0.717, 1.165) is 17.1 Å². The number of fused-ring (bicyclic) bond motifs is 6. The van der Waals surface area contributed by atoms with Crippen molar-refractivity contribution < 1.29 is 0 Å². The summed E-state index contributed by atoms with van der Waals surface area (Å²) in [6.07, 6.45) is 0. The maximum Gasteiger partial charge on any atom is 0.0713 e. The Labute approximate surface area is 382 Å². The zero-order valence-corrected chi connectivity index (χ0v) is 36.6. The fourth-order valence-corrected chi connectivity index (χ4v) is 11.1. The third-order valence-corrected chi connectivity index (χ3v) is 14.2. The summed E-state index contributed by atoms with van der Waals surface area (Å²) in [6, 6.07) is 92.0. The molecule has 1 heteroatoms. The predicted octanol–water partition coefficient (Wildman–Crippen LogP) is 16.8. The highest BCUT2D eigenvalue weighted by Gasteiger charge is 2.46. The van der Waals surface area contributed by atoms with Crippen LogP contribution in [0.25, 0.3) is 55.6 Å². The average molecular weight is 830 g/mol. The van der Waals surface area contributed by atoms with Gasteiger partial charge in [0.25, 0.3) is 0 Å².